The van der Waals surface area contributed by atoms with Gasteiger partial charge in [0.1, 0.15) is 12.4 Å². The van der Waals surface area contributed by atoms with E-state index in [-0.39, 0.29) is 15.7 Å². The van der Waals surface area contributed by atoms with E-state index in [2.05, 4.69) is 15.8 Å². The second kappa shape index (κ2) is 10.8. The normalized spacial score (nSPS) is 10.7. The third kappa shape index (κ3) is 6.46. The zero-order valence-electron chi connectivity index (χ0n) is 15.9. The van der Waals surface area contributed by atoms with Crippen molar-refractivity contribution in [1.82, 2.24) is 5.43 Å². The first kappa shape index (κ1) is 22.6. The number of hydrazone groups is 1. The summed E-state index contributed by atoms with van der Waals surface area (Å²) >= 11 is 17.8. The molecular weight excluding hydrogens is 461 g/mol. The highest BCUT2D eigenvalue weighted by atomic mass is 35.5. The van der Waals surface area contributed by atoms with E-state index in [1.165, 1.54) is 12.3 Å². The molecule has 0 aliphatic heterocycles. The number of carbonyl (C=O) groups excluding carboxylic acids is 2. The summed E-state index contributed by atoms with van der Waals surface area (Å²) in [6, 6.07) is 19.1. The quantitative estimate of drug-likeness (QED) is 0.287. The Bertz CT molecular complexity index is 1120. The summed E-state index contributed by atoms with van der Waals surface area (Å²) in [4.78, 5) is 24.0. The number of ether oxygens (including phenoxy) is 1. The van der Waals surface area contributed by atoms with Crippen molar-refractivity contribution < 1.29 is 14.3 Å². The van der Waals surface area contributed by atoms with Gasteiger partial charge in [-0.25, -0.2) is 5.43 Å². The van der Waals surface area contributed by atoms with Crippen LogP contribution in [0, 0.1) is 0 Å². The van der Waals surface area contributed by atoms with Crippen molar-refractivity contribution in [2.75, 3.05) is 5.32 Å². The molecule has 0 aromatic heterocycles. The first-order chi connectivity index (χ1) is 14.9. The van der Waals surface area contributed by atoms with Gasteiger partial charge in [-0.1, -0.05) is 65.1 Å². The largest absolute Gasteiger partial charge is 0.488 e. The molecule has 6 nitrogen and oxygen atoms in total. The van der Waals surface area contributed by atoms with Gasteiger partial charge in [-0.3, -0.25) is 9.59 Å². The Morgan fingerprint density at radius 2 is 1.65 bits per heavy atom. The summed E-state index contributed by atoms with van der Waals surface area (Å²) in [7, 11) is 0. The van der Waals surface area contributed by atoms with Gasteiger partial charge < -0.3 is 10.1 Å². The van der Waals surface area contributed by atoms with Crippen molar-refractivity contribution in [3.05, 3.63) is 92.9 Å². The molecule has 0 spiro atoms. The highest BCUT2D eigenvalue weighted by Crippen LogP contribution is 2.29. The molecule has 0 radical (unpaired) electrons. The zero-order valence-corrected chi connectivity index (χ0v) is 18.2. The first-order valence-corrected chi connectivity index (χ1v) is 10.1. The van der Waals surface area contributed by atoms with Crippen molar-refractivity contribution in [3.63, 3.8) is 0 Å². The van der Waals surface area contributed by atoms with Crippen LogP contribution in [0.5, 0.6) is 5.75 Å². The number of hydrogen-bond donors (Lipinski definition) is 2. The summed E-state index contributed by atoms with van der Waals surface area (Å²) in [5.41, 5.74) is 3.95. The van der Waals surface area contributed by atoms with E-state index in [4.69, 9.17) is 39.5 Å². The summed E-state index contributed by atoms with van der Waals surface area (Å²) in [5.74, 6) is -1.34. The number of nitrogens with one attached hydrogen (secondary N) is 2. The van der Waals surface area contributed by atoms with Gasteiger partial charge in [0.15, 0.2) is 0 Å². The monoisotopic (exact) mass is 475 g/mol. The fourth-order valence-electron chi connectivity index (χ4n) is 2.45. The average molecular weight is 477 g/mol. The Labute approximate surface area is 193 Å². The maximum atomic E-state index is 12.0. The second-order valence-electron chi connectivity index (χ2n) is 6.21. The summed E-state index contributed by atoms with van der Waals surface area (Å²) in [6.45, 7) is 0.331. The lowest BCUT2D eigenvalue weighted by Crippen LogP contribution is -2.32. The van der Waals surface area contributed by atoms with Crippen LogP contribution >= 0.6 is 34.8 Å². The zero-order chi connectivity index (χ0) is 22.2. The molecule has 0 atom stereocenters. The number of para-hydroxylation sites is 1. The lowest BCUT2D eigenvalue weighted by molar-refractivity contribution is -0.136. The van der Waals surface area contributed by atoms with Gasteiger partial charge in [0, 0.05) is 10.6 Å². The van der Waals surface area contributed by atoms with Crippen LogP contribution in [-0.4, -0.2) is 18.0 Å². The third-order valence-electron chi connectivity index (χ3n) is 4.00. The fourth-order valence-corrected chi connectivity index (χ4v) is 2.92. The van der Waals surface area contributed by atoms with E-state index in [0.717, 1.165) is 5.56 Å². The predicted molar refractivity (Wildman–Crippen MR) is 123 cm³/mol. The third-order valence-corrected chi connectivity index (χ3v) is 5.07. The van der Waals surface area contributed by atoms with Gasteiger partial charge in [0.05, 0.1) is 21.9 Å². The van der Waals surface area contributed by atoms with Crippen molar-refractivity contribution in [3.8, 4) is 5.75 Å². The molecule has 0 bridgehead atoms. The predicted octanol–water partition coefficient (Wildman–Crippen LogP) is 5.31. The molecule has 3 aromatic carbocycles. The molecule has 9 heteroatoms. The van der Waals surface area contributed by atoms with Crippen LogP contribution in [0.4, 0.5) is 5.69 Å². The molecular formula is C22H16Cl3N3O3. The summed E-state index contributed by atoms with van der Waals surface area (Å²) < 4.78 is 5.82. The Morgan fingerprint density at radius 1 is 0.903 bits per heavy atom. The van der Waals surface area contributed by atoms with Crippen LogP contribution in [0.2, 0.25) is 15.1 Å². The van der Waals surface area contributed by atoms with Crippen molar-refractivity contribution in [1.29, 1.82) is 0 Å². The Hall–Kier alpha value is -3.06. The van der Waals surface area contributed by atoms with Crippen LogP contribution < -0.4 is 15.5 Å². The summed E-state index contributed by atoms with van der Waals surface area (Å²) in [6.07, 6.45) is 1.38. The molecule has 0 aliphatic rings. The van der Waals surface area contributed by atoms with Gasteiger partial charge >= 0.3 is 11.8 Å². The molecule has 0 saturated heterocycles. The minimum Gasteiger partial charge on any atom is -0.488 e. The molecule has 0 heterocycles. The smallest absolute Gasteiger partial charge is 0.329 e. The lowest BCUT2D eigenvalue weighted by Gasteiger charge is -2.09. The number of hydrogen-bond acceptors (Lipinski definition) is 4. The second-order valence-corrected chi connectivity index (χ2v) is 7.43. The number of nitrogens with zero attached hydrogens (tertiary/aromatic N) is 1. The van der Waals surface area contributed by atoms with Crippen molar-refractivity contribution in [2.24, 2.45) is 5.10 Å². The Balaban J connectivity index is 1.58. The number of amides is 2. The minimum absolute atomic E-state index is 0.139. The Morgan fingerprint density at radius 3 is 2.42 bits per heavy atom. The average Bonchev–Trinajstić information content (AvgIpc) is 2.77. The van der Waals surface area contributed by atoms with Crippen molar-refractivity contribution in [2.45, 2.75) is 6.61 Å². The lowest BCUT2D eigenvalue weighted by atomic mass is 10.2. The van der Waals surface area contributed by atoms with Crippen LogP contribution in [0.25, 0.3) is 0 Å². The van der Waals surface area contributed by atoms with E-state index in [1.807, 2.05) is 18.2 Å². The van der Waals surface area contributed by atoms with Gasteiger partial charge in [0.2, 0.25) is 0 Å². The SMILES string of the molecule is O=C(N/N=C/c1ccccc1OCc1ccc(Cl)cc1)C(=O)Nc1cccc(Cl)c1Cl. The number of benzene rings is 3. The highest BCUT2D eigenvalue weighted by molar-refractivity contribution is 6.45. The summed E-state index contributed by atoms with van der Waals surface area (Å²) in [5, 5.41) is 7.25. The van der Waals surface area contributed by atoms with Crippen LogP contribution in [0.15, 0.2) is 71.8 Å². The van der Waals surface area contributed by atoms with E-state index in [1.54, 1.807) is 42.5 Å². The van der Waals surface area contributed by atoms with Gasteiger partial charge in [-0.15, -0.1) is 0 Å². The van der Waals surface area contributed by atoms with Crippen molar-refractivity contribution >= 4 is 58.5 Å². The van der Waals surface area contributed by atoms with E-state index in [9.17, 15) is 9.59 Å². The van der Waals surface area contributed by atoms with Crippen LogP contribution in [0.3, 0.4) is 0 Å². The fraction of sp³-hybridized carbons (Fsp3) is 0.0455. The van der Waals surface area contributed by atoms with E-state index >= 15 is 0 Å². The maximum Gasteiger partial charge on any atom is 0.329 e. The minimum atomic E-state index is -0.966. The molecule has 0 unspecified atom stereocenters. The standard InChI is InChI=1S/C22H16Cl3N3O3/c23-16-10-8-14(9-11-16)13-31-19-7-2-1-4-15(19)12-26-28-22(30)21(29)27-18-6-3-5-17(24)20(18)25/h1-12H,13H2,(H,27,29)(H,28,30)/b26-12+. The molecule has 3 rings (SSSR count). The number of carbonyl (C=O) groups is 2. The molecule has 3 aromatic rings. The number of rotatable bonds is 6. The molecule has 158 valence electrons. The number of halogens is 3. The first-order valence-electron chi connectivity index (χ1n) is 8.98. The van der Waals surface area contributed by atoms with Crippen LogP contribution in [-0.2, 0) is 16.2 Å². The topological polar surface area (TPSA) is 79.8 Å². The molecule has 2 amide bonds. The highest BCUT2D eigenvalue weighted by Gasteiger charge is 2.15. The van der Waals surface area contributed by atoms with Gasteiger partial charge in [-0.2, -0.15) is 5.10 Å². The number of anilines is 1. The van der Waals surface area contributed by atoms with Gasteiger partial charge in [0.25, 0.3) is 0 Å². The molecule has 0 aliphatic carbocycles. The molecule has 2 N–H and O–H groups in total. The molecule has 0 fully saturated rings. The van der Waals surface area contributed by atoms with E-state index < -0.39 is 11.8 Å². The molecule has 31 heavy (non-hydrogen) atoms. The van der Waals surface area contributed by atoms with Gasteiger partial charge in [-0.05, 0) is 42.0 Å². The van der Waals surface area contributed by atoms with E-state index in [0.29, 0.717) is 22.9 Å². The van der Waals surface area contributed by atoms with Crippen LogP contribution in [0.1, 0.15) is 11.1 Å². The Kier molecular flexibility index (Phi) is 7.89. The maximum absolute atomic E-state index is 12.0. The molecule has 0 saturated carbocycles.